The van der Waals surface area contributed by atoms with Gasteiger partial charge in [0.25, 0.3) is 0 Å². The molecule has 0 aromatic heterocycles. The first kappa shape index (κ1) is 11.9. The molecular weight excluding hydrogens is 202 g/mol. The molecule has 1 aliphatic rings. The lowest BCUT2D eigenvalue weighted by atomic mass is 10.4. The minimum absolute atomic E-state index is 0.0553. The van der Waals surface area contributed by atoms with Gasteiger partial charge in [-0.25, -0.2) is 12.7 Å². The molecule has 0 heterocycles. The van der Waals surface area contributed by atoms with Crippen LogP contribution in [-0.4, -0.2) is 43.3 Å². The van der Waals surface area contributed by atoms with Crippen molar-refractivity contribution in [2.24, 2.45) is 5.92 Å². The van der Waals surface area contributed by atoms with Crippen molar-refractivity contribution in [3.8, 4) is 0 Å². The molecule has 0 radical (unpaired) electrons. The highest BCUT2D eigenvalue weighted by atomic mass is 32.2. The molecular formula is C9H19NO3S. The summed E-state index contributed by atoms with van der Waals surface area (Å²) in [5, 5.41) is 8.60. The smallest absolute Gasteiger partial charge is 0.214 e. The van der Waals surface area contributed by atoms with Crippen LogP contribution in [0.2, 0.25) is 0 Å². The Kier molecular flexibility index (Phi) is 4.34. The third kappa shape index (κ3) is 3.55. The maximum Gasteiger partial charge on any atom is 0.214 e. The average molecular weight is 221 g/mol. The second-order valence-electron chi connectivity index (χ2n) is 3.79. The van der Waals surface area contributed by atoms with Crippen LogP contribution in [0.4, 0.5) is 0 Å². The highest BCUT2D eigenvalue weighted by molar-refractivity contribution is 7.89. The van der Waals surface area contributed by atoms with Crippen molar-refractivity contribution in [2.45, 2.75) is 26.2 Å². The Morgan fingerprint density at radius 3 is 2.50 bits per heavy atom. The lowest BCUT2D eigenvalue weighted by Gasteiger charge is -2.19. The summed E-state index contributed by atoms with van der Waals surface area (Å²) in [6, 6.07) is 0. The highest BCUT2D eigenvalue weighted by Crippen LogP contribution is 2.30. The standard InChI is InChI=1S/C9H19NO3S/c1-2-10(8-9-4-5-9)14(12,13)7-3-6-11/h9,11H,2-8H2,1H3. The van der Waals surface area contributed by atoms with E-state index in [0.717, 1.165) is 12.8 Å². The van der Waals surface area contributed by atoms with Gasteiger partial charge in [0.15, 0.2) is 0 Å². The van der Waals surface area contributed by atoms with Crippen molar-refractivity contribution >= 4 is 10.0 Å². The molecule has 0 aromatic carbocycles. The zero-order valence-electron chi connectivity index (χ0n) is 8.65. The van der Waals surface area contributed by atoms with E-state index < -0.39 is 10.0 Å². The van der Waals surface area contributed by atoms with Gasteiger partial charge in [0.1, 0.15) is 0 Å². The van der Waals surface area contributed by atoms with Gasteiger partial charge in [0.2, 0.25) is 10.0 Å². The van der Waals surface area contributed by atoms with E-state index in [2.05, 4.69) is 0 Å². The Morgan fingerprint density at radius 1 is 1.43 bits per heavy atom. The van der Waals surface area contributed by atoms with E-state index in [1.165, 1.54) is 0 Å². The molecule has 14 heavy (non-hydrogen) atoms. The van der Waals surface area contributed by atoms with Crippen molar-refractivity contribution in [1.29, 1.82) is 0 Å². The summed E-state index contributed by atoms with van der Waals surface area (Å²) in [4.78, 5) is 0. The van der Waals surface area contributed by atoms with Crippen molar-refractivity contribution < 1.29 is 13.5 Å². The largest absolute Gasteiger partial charge is 0.396 e. The average Bonchev–Trinajstić information content (AvgIpc) is 2.94. The normalized spacial score (nSPS) is 17.6. The maximum atomic E-state index is 11.7. The fraction of sp³-hybridized carbons (Fsp3) is 1.00. The van der Waals surface area contributed by atoms with E-state index >= 15 is 0 Å². The molecule has 1 N–H and O–H groups in total. The molecule has 0 saturated heterocycles. The molecule has 1 saturated carbocycles. The number of rotatable bonds is 7. The molecule has 0 aromatic rings. The van der Waals surface area contributed by atoms with Crippen LogP contribution in [0, 0.1) is 5.92 Å². The van der Waals surface area contributed by atoms with E-state index in [-0.39, 0.29) is 12.4 Å². The quantitative estimate of drug-likeness (QED) is 0.678. The number of sulfonamides is 1. The molecule has 0 unspecified atom stereocenters. The van der Waals surface area contributed by atoms with Gasteiger partial charge in [-0.2, -0.15) is 0 Å². The summed E-state index contributed by atoms with van der Waals surface area (Å²) in [7, 11) is -3.12. The van der Waals surface area contributed by atoms with Gasteiger partial charge in [0.05, 0.1) is 5.75 Å². The van der Waals surface area contributed by atoms with Gasteiger partial charge < -0.3 is 5.11 Å². The number of nitrogens with zero attached hydrogens (tertiary/aromatic N) is 1. The van der Waals surface area contributed by atoms with Gasteiger partial charge in [-0.1, -0.05) is 6.92 Å². The third-order valence-electron chi connectivity index (χ3n) is 2.47. The second-order valence-corrected chi connectivity index (χ2v) is 5.88. The van der Waals surface area contributed by atoms with Crippen LogP contribution >= 0.6 is 0 Å². The summed E-state index contributed by atoms with van der Waals surface area (Å²) in [5.41, 5.74) is 0. The molecule has 1 aliphatic carbocycles. The number of aliphatic hydroxyl groups is 1. The van der Waals surface area contributed by atoms with Gasteiger partial charge in [0, 0.05) is 19.7 Å². The van der Waals surface area contributed by atoms with Crippen molar-refractivity contribution in [1.82, 2.24) is 4.31 Å². The zero-order chi connectivity index (χ0) is 10.6. The minimum atomic E-state index is -3.12. The van der Waals surface area contributed by atoms with Crippen LogP contribution in [-0.2, 0) is 10.0 Å². The van der Waals surface area contributed by atoms with Crippen LogP contribution < -0.4 is 0 Å². The predicted molar refractivity (Wildman–Crippen MR) is 55.5 cm³/mol. The summed E-state index contributed by atoms with van der Waals surface area (Å²) in [6.45, 7) is 3.02. The molecule has 0 aliphatic heterocycles. The lowest BCUT2D eigenvalue weighted by Crippen LogP contribution is -2.34. The van der Waals surface area contributed by atoms with Crippen LogP contribution in [0.1, 0.15) is 26.2 Å². The number of hydrogen-bond donors (Lipinski definition) is 1. The van der Waals surface area contributed by atoms with Crippen molar-refractivity contribution in [3.63, 3.8) is 0 Å². The lowest BCUT2D eigenvalue weighted by molar-refractivity contribution is 0.293. The summed E-state index contributed by atoms with van der Waals surface area (Å²) < 4.78 is 24.9. The van der Waals surface area contributed by atoms with E-state index in [1.54, 1.807) is 4.31 Å². The van der Waals surface area contributed by atoms with E-state index in [9.17, 15) is 8.42 Å². The molecule has 1 fully saturated rings. The topological polar surface area (TPSA) is 57.6 Å². The Bertz CT molecular complexity index is 259. The van der Waals surface area contributed by atoms with Crippen LogP contribution in [0.25, 0.3) is 0 Å². The van der Waals surface area contributed by atoms with Crippen molar-refractivity contribution in [3.05, 3.63) is 0 Å². The third-order valence-corrected chi connectivity index (χ3v) is 4.46. The van der Waals surface area contributed by atoms with Crippen LogP contribution in [0.3, 0.4) is 0 Å². The SMILES string of the molecule is CCN(CC1CC1)S(=O)(=O)CCCO. The second kappa shape index (κ2) is 5.09. The summed E-state index contributed by atoms with van der Waals surface area (Å²) in [6.07, 6.45) is 2.65. The molecule has 0 amide bonds. The molecule has 84 valence electrons. The fourth-order valence-corrected chi connectivity index (χ4v) is 2.99. The Balaban J connectivity index is 2.47. The van der Waals surface area contributed by atoms with Crippen LogP contribution in [0.5, 0.6) is 0 Å². The molecule has 0 spiro atoms. The first-order valence-corrected chi connectivity index (χ1v) is 6.79. The van der Waals surface area contributed by atoms with Crippen molar-refractivity contribution in [2.75, 3.05) is 25.4 Å². The van der Waals surface area contributed by atoms with E-state index in [4.69, 9.17) is 5.11 Å². The summed E-state index contributed by atoms with van der Waals surface area (Å²) in [5.74, 6) is 0.656. The highest BCUT2D eigenvalue weighted by Gasteiger charge is 2.29. The molecule has 5 heteroatoms. The number of hydrogen-bond acceptors (Lipinski definition) is 3. The minimum Gasteiger partial charge on any atom is -0.396 e. The Morgan fingerprint density at radius 2 is 2.07 bits per heavy atom. The van der Waals surface area contributed by atoms with Gasteiger partial charge >= 0.3 is 0 Å². The van der Waals surface area contributed by atoms with E-state index in [0.29, 0.717) is 25.4 Å². The predicted octanol–water partition coefficient (Wildman–Crippen LogP) is 0.431. The first-order valence-electron chi connectivity index (χ1n) is 5.19. The van der Waals surface area contributed by atoms with Gasteiger partial charge in [-0.15, -0.1) is 0 Å². The zero-order valence-corrected chi connectivity index (χ0v) is 9.46. The molecule has 0 atom stereocenters. The van der Waals surface area contributed by atoms with E-state index in [1.807, 2.05) is 6.92 Å². The van der Waals surface area contributed by atoms with Crippen LogP contribution in [0.15, 0.2) is 0 Å². The summed E-state index contributed by atoms with van der Waals surface area (Å²) >= 11 is 0. The Hall–Kier alpha value is -0.130. The molecule has 4 nitrogen and oxygen atoms in total. The fourth-order valence-electron chi connectivity index (χ4n) is 1.40. The first-order chi connectivity index (χ1) is 6.60. The monoisotopic (exact) mass is 221 g/mol. The Labute approximate surface area is 86.0 Å². The maximum absolute atomic E-state index is 11.7. The van der Waals surface area contributed by atoms with Gasteiger partial charge in [-0.05, 0) is 25.2 Å². The molecule has 0 bridgehead atoms. The molecule has 1 rings (SSSR count). The number of aliphatic hydroxyl groups excluding tert-OH is 1. The van der Waals surface area contributed by atoms with Gasteiger partial charge in [-0.3, -0.25) is 0 Å².